The van der Waals surface area contributed by atoms with Crippen molar-refractivity contribution >= 4 is 15.9 Å². The zero-order valence-electron chi connectivity index (χ0n) is 9.24. The molecule has 1 aromatic heterocycles. The van der Waals surface area contributed by atoms with Crippen LogP contribution in [-0.2, 0) is 4.32 Å². The Morgan fingerprint density at radius 3 is 3.10 bits per heavy atom. The summed E-state index contributed by atoms with van der Waals surface area (Å²) in [6.45, 7) is 0. The molecule has 0 aliphatic heterocycles. The van der Waals surface area contributed by atoms with E-state index in [0.29, 0.717) is 5.69 Å². The summed E-state index contributed by atoms with van der Waals surface area (Å²) in [6, 6.07) is -0.499. The molecule has 10 heavy (non-hydrogen) atoms. The summed E-state index contributed by atoms with van der Waals surface area (Å²) in [6.07, 6.45) is 1.54. The van der Waals surface area contributed by atoms with Crippen LogP contribution in [0.15, 0.2) is 24.3 Å². The molecule has 1 aliphatic rings. The molecule has 1 nitrogen and oxygen atoms in total. The standard InChI is InChI=1S/C8H8BrN/c9-8(4-5-8)7-3-1-2-6-10-7/h1-3,6H,4-5H2/i1D,2D,3D,6D. The Morgan fingerprint density at radius 2 is 2.40 bits per heavy atom. The lowest BCUT2D eigenvalue weighted by atomic mass is 10.2. The highest BCUT2D eigenvalue weighted by atomic mass is 79.9. The summed E-state index contributed by atoms with van der Waals surface area (Å²) in [5.41, 5.74) is 0.434. The lowest BCUT2D eigenvalue weighted by molar-refractivity contribution is 0.971. The van der Waals surface area contributed by atoms with Crippen molar-refractivity contribution in [3.8, 4) is 0 Å². The van der Waals surface area contributed by atoms with Gasteiger partial charge in [-0.1, -0.05) is 22.0 Å². The van der Waals surface area contributed by atoms with E-state index in [-0.39, 0.29) is 28.6 Å². The van der Waals surface area contributed by atoms with Gasteiger partial charge in [0.2, 0.25) is 0 Å². The fourth-order valence-electron chi connectivity index (χ4n) is 0.789. The smallest absolute Gasteiger partial charge is 0.0840 e. The number of pyridine rings is 1. The van der Waals surface area contributed by atoms with Crippen molar-refractivity contribution in [1.82, 2.24) is 4.98 Å². The maximum Gasteiger partial charge on any atom is 0.0840 e. The van der Waals surface area contributed by atoms with Crippen molar-refractivity contribution in [1.29, 1.82) is 0 Å². The average molecular weight is 202 g/mol. The Hall–Kier alpha value is -0.370. The minimum absolute atomic E-state index is 0.0274. The molecular weight excluding hydrogens is 190 g/mol. The molecule has 0 bridgehead atoms. The molecular formula is C8H8BrN. The van der Waals surface area contributed by atoms with Gasteiger partial charge in [-0.3, -0.25) is 4.98 Å². The van der Waals surface area contributed by atoms with Crippen molar-refractivity contribution in [2.24, 2.45) is 0 Å². The van der Waals surface area contributed by atoms with Crippen LogP contribution in [0, 0.1) is 0 Å². The number of hydrogen-bond donors (Lipinski definition) is 0. The Morgan fingerprint density at radius 1 is 1.60 bits per heavy atom. The van der Waals surface area contributed by atoms with E-state index < -0.39 is 0 Å². The summed E-state index contributed by atoms with van der Waals surface area (Å²) >= 11 is 3.43. The number of hydrogen-bond acceptors (Lipinski definition) is 1. The monoisotopic (exact) mass is 201 g/mol. The van der Waals surface area contributed by atoms with Crippen molar-refractivity contribution < 1.29 is 5.48 Å². The van der Waals surface area contributed by atoms with Gasteiger partial charge in [-0.05, 0) is 24.9 Å². The molecule has 2 rings (SSSR count). The second-order valence-corrected chi connectivity index (χ2v) is 3.93. The second-order valence-electron chi connectivity index (χ2n) is 2.41. The molecule has 1 heterocycles. The predicted octanol–water partition coefficient (Wildman–Crippen LogP) is 2.47. The first-order valence-electron chi connectivity index (χ1n) is 5.09. The van der Waals surface area contributed by atoms with E-state index in [0.717, 1.165) is 12.8 Å². The molecule has 0 aromatic carbocycles. The fourth-order valence-corrected chi connectivity index (χ4v) is 1.17. The van der Waals surface area contributed by atoms with Crippen molar-refractivity contribution in [3.63, 3.8) is 0 Å². The zero-order valence-corrected chi connectivity index (χ0v) is 6.83. The highest BCUT2D eigenvalue weighted by molar-refractivity contribution is 9.09. The van der Waals surface area contributed by atoms with Gasteiger partial charge >= 0.3 is 0 Å². The van der Waals surface area contributed by atoms with Gasteiger partial charge in [0.1, 0.15) is 0 Å². The maximum atomic E-state index is 7.65. The van der Waals surface area contributed by atoms with Gasteiger partial charge < -0.3 is 0 Å². The quantitative estimate of drug-likeness (QED) is 0.637. The van der Waals surface area contributed by atoms with Gasteiger partial charge in [0, 0.05) is 6.17 Å². The fraction of sp³-hybridized carbons (Fsp3) is 0.375. The third kappa shape index (κ3) is 0.966. The highest BCUT2D eigenvalue weighted by Gasteiger charge is 2.42. The molecule has 0 atom stereocenters. The van der Waals surface area contributed by atoms with Gasteiger partial charge in [-0.15, -0.1) is 0 Å². The molecule has 52 valence electrons. The first-order chi connectivity index (χ1) is 6.46. The van der Waals surface area contributed by atoms with E-state index in [1.807, 2.05) is 0 Å². The largest absolute Gasteiger partial charge is 0.260 e. The van der Waals surface area contributed by atoms with Crippen LogP contribution in [0.2, 0.25) is 0 Å². The number of alkyl halides is 1. The van der Waals surface area contributed by atoms with Gasteiger partial charge in [0.25, 0.3) is 0 Å². The summed E-state index contributed by atoms with van der Waals surface area (Å²) in [7, 11) is 0. The Balaban J connectivity index is 2.62. The normalized spacial score (nSPS) is 26.1. The molecule has 1 saturated carbocycles. The third-order valence-corrected chi connectivity index (χ3v) is 2.75. The molecule has 0 amide bonds. The Kier molecular flexibility index (Phi) is 0.689. The summed E-state index contributed by atoms with van der Waals surface area (Å²) in [5.74, 6) is 0. The number of aromatic nitrogens is 1. The molecule has 1 aromatic rings. The van der Waals surface area contributed by atoms with Crippen molar-refractivity contribution in [2.75, 3.05) is 0 Å². The zero-order chi connectivity index (χ0) is 10.5. The molecule has 2 heteroatoms. The van der Waals surface area contributed by atoms with Crippen molar-refractivity contribution in [3.05, 3.63) is 30.0 Å². The summed E-state index contributed by atoms with van der Waals surface area (Å²) < 4.78 is 29.5. The maximum absolute atomic E-state index is 7.65. The second kappa shape index (κ2) is 2.06. The minimum Gasteiger partial charge on any atom is -0.260 e. The number of nitrogens with zero attached hydrogens (tertiary/aromatic N) is 1. The van der Waals surface area contributed by atoms with E-state index in [1.165, 1.54) is 0 Å². The molecule has 0 saturated heterocycles. The Labute approximate surface area is 74.2 Å². The third-order valence-electron chi connectivity index (χ3n) is 1.58. The summed E-state index contributed by atoms with van der Waals surface area (Å²) in [4.78, 5) is 3.89. The van der Waals surface area contributed by atoms with Crippen molar-refractivity contribution in [2.45, 2.75) is 17.2 Å². The lowest BCUT2D eigenvalue weighted by Crippen LogP contribution is -1.96. The van der Waals surface area contributed by atoms with Gasteiger partial charge in [0.15, 0.2) is 0 Å². The van der Waals surface area contributed by atoms with Crippen LogP contribution in [0.1, 0.15) is 24.0 Å². The van der Waals surface area contributed by atoms with E-state index in [9.17, 15) is 0 Å². The molecule has 0 unspecified atom stereocenters. The molecule has 0 spiro atoms. The SMILES string of the molecule is [2H]c1nc(C2(Br)CC2)c([2H])c([2H])c1[2H]. The van der Waals surface area contributed by atoms with E-state index in [1.54, 1.807) is 0 Å². The van der Waals surface area contributed by atoms with Crippen LogP contribution >= 0.6 is 15.9 Å². The first kappa shape index (κ1) is 3.35. The van der Waals surface area contributed by atoms with Crippen LogP contribution in [0.3, 0.4) is 0 Å². The topological polar surface area (TPSA) is 12.9 Å². The highest BCUT2D eigenvalue weighted by Crippen LogP contribution is 2.52. The average Bonchev–Trinajstić information content (AvgIpc) is 2.87. The van der Waals surface area contributed by atoms with Crippen LogP contribution < -0.4 is 0 Å². The first-order valence-corrected chi connectivity index (χ1v) is 3.89. The van der Waals surface area contributed by atoms with E-state index in [2.05, 4.69) is 20.9 Å². The molecule has 0 radical (unpaired) electrons. The van der Waals surface area contributed by atoms with E-state index in [4.69, 9.17) is 5.48 Å². The van der Waals surface area contributed by atoms with Gasteiger partial charge in [0.05, 0.1) is 15.5 Å². The molecule has 1 aliphatic carbocycles. The summed E-state index contributed by atoms with van der Waals surface area (Å²) in [5, 5.41) is 0. The molecule has 1 fully saturated rings. The molecule has 0 N–H and O–H groups in total. The lowest BCUT2D eigenvalue weighted by Gasteiger charge is -2.02. The number of halogens is 1. The van der Waals surface area contributed by atoms with Gasteiger partial charge in [-0.2, -0.15) is 0 Å². The number of rotatable bonds is 1. The van der Waals surface area contributed by atoms with E-state index >= 15 is 0 Å². The Bertz CT molecular complexity index is 403. The van der Waals surface area contributed by atoms with Crippen LogP contribution in [0.4, 0.5) is 0 Å². The predicted molar refractivity (Wildman–Crippen MR) is 44.1 cm³/mol. The van der Waals surface area contributed by atoms with Crippen LogP contribution in [-0.4, -0.2) is 4.98 Å². The minimum atomic E-state index is -0.302. The van der Waals surface area contributed by atoms with Crippen LogP contribution in [0.25, 0.3) is 0 Å². The van der Waals surface area contributed by atoms with Crippen LogP contribution in [0.5, 0.6) is 0 Å². The van der Waals surface area contributed by atoms with Gasteiger partial charge in [-0.25, -0.2) is 0 Å².